The zero-order valence-corrected chi connectivity index (χ0v) is 25.1. The zero-order chi connectivity index (χ0) is 27.2. The molecule has 0 fully saturated rings. The van der Waals surface area contributed by atoms with Crippen LogP contribution < -0.4 is 11.5 Å². The Kier molecular flexibility index (Phi) is 18.7. The molecule has 12 heteroatoms. The van der Waals surface area contributed by atoms with E-state index in [0.29, 0.717) is 12.5 Å². The minimum Gasteiger partial charge on any atom is -0.406 e. The van der Waals surface area contributed by atoms with Crippen molar-refractivity contribution in [2.45, 2.75) is 0 Å². The third kappa shape index (κ3) is 18.8. The Bertz CT molecular complexity index is 1300. The van der Waals surface area contributed by atoms with Crippen LogP contribution in [0.3, 0.4) is 0 Å². The maximum Gasteiger partial charge on any atom is 2.00 e. The first-order valence-electron chi connectivity index (χ1n) is 10.2. The van der Waals surface area contributed by atoms with Gasteiger partial charge in [0.1, 0.15) is 0 Å². The minimum atomic E-state index is -3.67. The van der Waals surface area contributed by atoms with Gasteiger partial charge in [0.15, 0.2) is 0 Å². The van der Waals surface area contributed by atoms with Crippen molar-refractivity contribution in [2.75, 3.05) is 24.0 Å². The van der Waals surface area contributed by atoms with Gasteiger partial charge in [0.25, 0.3) is 20.2 Å². The minimum absolute atomic E-state index is 0. The van der Waals surface area contributed by atoms with Gasteiger partial charge in [0.2, 0.25) is 0 Å². The molecule has 0 bridgehead atoms. The zero-order valence-electron chi connectivity index (χ0n) is 20.4. The van der Waals surface area contributed by atoms with Crippen molar-refractivity contribution in [1.82, 2.24) is 0 Å². The quantitative estimate of drug-likeness (QED) is 0.101. The molecule has 8 nitrogen and oxygen atoms in total. The predicted octanol–water partition coefficient (Wildman–Crippen LogP) is 4.47. The van der Waals surface area contributed by atoms with E-state index in [1.807, 2.05) is 97.1 Å². The summed E-state index contributed by atoms with van der Waals surface area (Å²) in [5.74, 6) is 0. The number of nitrogens with two attached hydrogens (primary N) is 2. The van der Waals surface area contributed by atoms with Crippen molar-refractivity contribution in [3.63, 3.8) is 0 Å². The van der Waals surface area contributed by atoms with Crippen LogP contribution >= 0.6 is 0 Å². The molecule has 0 saturated heterocycles. The summed E-state index contributed by atoms with van der Waals surface area (Å²) in [5.41, 5.74) is 17.4. The van der Waals surface area contributed by atoms with E-state index in [1.54, 1.807) is 0 Å². The van der Waals surface area contributed by atoms with Crippen molar-refractivity contribution in [2.24, 2.45) is 0 Å². The van der Waals surface area contributed by atoms with Gasteiger partial charge in [-0.25, -0.2) is 0 Å². The molecule has 4 aromatic carbocycles. The van der Waals surface area contributed by atoms with Crippen LogP contribution in [0, 0.1) is 12.1 Å². The summed E-state index contributed by atoms with van der Waals surface area (Å²) in [6, 6.07) is 37.6. The fourth-order valence-corrected chi connectivity index (χ4v) is 2.61. The van der Waals surface area contributed by atoms with Crippen LogP contribution in [0.4, 0.5) is 11.4 Å². The average molecular weight is 741 g/mol. The number of anilines is 2. The first-order valence-corrected chi connectivity index (χ1v) is 13.9. The van der Waals surface area contributed by atoms with E-state index in [1.165, 1.54) is 0 Å². The predicted molar refractivity (Wildman–Crippen MR) is 145 cm³/mol. The summed E-state index contributed by atoms with van der Waals surface area (Å²) < 4.78 is 51.7. The van der Waals surface area contributed by atoms with Gasteiger partial charge < -0.3 is 11.5 Å². The number of para-hydroxylation sites is 2. The molecule has 0 atom stereocenters. The molecule has 0 radical (unpaired) electrons. The number of hydrogen-bond acceptors (Lipinski definition) is 6. The van der Waals surface area contributed by atoms with Gasteiger partial charge >= 0.3 is 40.8 Å². The van der Waals surface area contributed by atoms with Gasteiger partial charge in [-0.05, 0) is 23.5 Å². The third-order valence-corrected chi connectivity index (χ3v) is 3.92. The standard InChI is InChI=1S/2C12H10N.2CH4O3S.2Pd/c2*13-12-9-5-4-8-11(12)10-6-2-1-3-7-10;2*1-5(2,3)4;;/h2*1-6,8-9H,13H2;2*1H3,(H,2,3,4);;/q2*-1;;;2*+2. The molecular weight excluding hydrogens is 713 g/mol. The smallest absolute Gasteiger partial charge is 0.406 e. The second-order valence-corrected chi connectivity index (χ2v) is 10.1. The Labute approximate surface area is 252 Å². The van der Waals surface area contributed by atoms with Gasteiger partial charge in [-0.3, -0.25) is 9.11 Å². The normalized spacial score (nSPS) is 9.79. The number of benzene rings is 4. The topological polar surface area (TPSA) is 161 Å². The van der Waals surface area contributed by atoms with Crippen LogP contribution in [0.25, 0.3) is 22.3 Å². The van der Waals surface area contributed by atoms with Gasteiger partial charge in [-0.2, -0.15) is 16.8 Å². The molecular formula is C26H28N2O6Pd2S2+2. The monoisotopic (exact) mass is 740 g/mol. The fourth-order valence-electron chi connectivity index (χ4n) is 2.61. The SMILES string of the molecule is CS(=O)(=O)O.CS(=O)(=O)O.Nc1ccccc1-c1[c-]cccc1.Nc1ccccc1-c1[c-]cccc1.[Pd+2].[Pd+2]. The fraction of sp³-hybridized carbons (Fsp3) is 0.0769. The van der Waals surface area contributed by atoms with E-state index in [9.17, 15) is 16.8 Å². The maximum atomic E-state index is 9.19. The third-order valence-electron chi connectivity index (χ3n) is 3.92. The molecule has 0 heterocycles. The molecule has 0 saturated carbocycles. The Balaban J connectivity index is 0. The van der Waals surface area contributed by atoms with Crippen molar-refractivity contribution >= 4 is 31.6 Å². The molecule has 0 aliphatic rings. The molecule has 208 valence electrons. The number of nitrogen functional groups attached to an aromatic ring is 2. The molecule has 0 spiro atoms. The number of rotatable bonds is 2. The van der Waals surface area contributed by atoms with Gasteiger partial charge in [0, 0.05) is 0 Å². The average Bonchev–Trinajstić information content (AvgIpc) is 2.79. The van der Waals surface area contributed by atoms with E-state index in [4.69, 9.17) is 20.6 Å². The molecule has 0 aliphatic carbocycles. The Hall–Kier alpha value is -2.38. The van der Waals surface area contributed by atoms with E-state index < -0.39 is 20.2 Å². The summed E-state index contributed by atoms with van der Waals surface area (Å²) in [5, 5.41) is 0. The van der Waals surface area contributed by atoms with E-state index in [0.717, 1.165) is 33.6 Å². The first-order chi connectivity index (χ1) is 16.8. The number of hydrogen-bond donors (Lipinski definition) is 4. The van der Waals surface area contributed by atoms with Crippen LogP contribution in [-0.2, 0) is 61.1 Å². The van der Waals surface area contributed by atoms with Gasteiger partial charge in [-0.1, -0.05) is 47.5 Å². The van der Waals surface area contributed by atoms with Crippen LogP contribution in [0.15, 0.2) is 97.1 Å². The van der Waals surface area contributed by atoms with Crippen LogP contribution in [0.5, 0.6) is 0 Å². The molecule has 4 rings (SSSR count). The molecule has 38 heavy (non-hydrogen) atoms. The van der Waals surface area contributed by atoms with Crippen molar-refractivity contribution < 1.29 is 66.8 Å². The summed E-state index contributed by atoms with van der Waals surface area (Å²) >= 11 is 0. The van der Waals surface area contributed by atoms with Crippen LogP contribution in [0.1, 0.15) is 0 Å². The van der Waals surface area contributed by atoms with Crippen molar-refractivity contribution in [3.05, 3.63) is 109 Å². The first kappa shape index (κ1) is 37.8. The summed E-state index contributed by atoms with van der Waals surface area (Å²) in [6.45, 7) is 0. The van der Waals surface area contributed by atoms with Crippen molar-refractivity contribution in [1.29, 1.82) is 0 Å². The maximum absolute atomic E-state index is 9.19. The van der Waals surface area contributed by atoms with E-state index in [-0.39, 0.29) is 40.8 Å². The molecule has 0 aromatic heterocycles. The van der Waals surface area contributed by atoms with E-state index in [2.05, 4.69) is 12.1 Å². The Morgan fingerprint density at radius 1 is 0.553 bits per heavy atom. The second-order valence-electron chi connectivity index (χ2n) is 7.19. The summed E-state index contributed by atoms with van der Waals surface area (Å²) in [6.07, 6.45) is 1.43. The molecule has 0 unspecified atom stereocenters. The summed E-state index contributed by atoms with van der Waals surface area (Å²) in [4.78, 5) is 0. The molecule has 6 N–H and O–H groups in total. The summed E-state index contributed by atoms with van der Waals surface area (Å²) in [7, 11) is -7.33. The van der Waals surface area contributed by atoms with Crippen LogP contribution in [0.2, 0.25) is 0 Å². The van der Waals surface area contributed by atoms with Crippen molar-refractivity contribution in [3.8, 4) is 22.3 Å². The Morgan fingerprint density at radius 2 is 0.816 bits per heavy atom. The molecule has 4 aromatic rings. The van der Waals surface area contributed by atoms with Gasteiger partial charge in [0.05, 0.1) is 12.5 Å². The second kappa shape index (κ2) is 18.8. The van der Waals surface area contributed by atoms with E-state index >= 15 is 0 Å². The Morgan fingerprint density at radius 3 is 1.05 bits per heavy atom. The van der Waals surface area contributed by atoms with Crippen LogP contribution in [-0.4, -0.2) is 38.5 Å². The van der Waals surface area contributed by atoms with Gasteiger partial charge in [-0.15, -0.1) is 71.8 Å². The molecule has 0 aliphatic heterocycles. The largest absolute Gasteiger partial charge is 2.00 e. The molecule has 0 amide bonds.